The maximum atomic E-state index is 9.30. The molecule has 1 aliphatic carbocycles. The number of nitrogens with zero attached hydrogens (tertiary/aromatic N) is 2. The van der Waals surface area contributed by atoms with Crippen LogP contribution in [0.15, 0.2) is 0 Å². The van der Waals surface area contributed by atoms with E-state index in [0.29, 0.717) is 5.92 Å². The lowest BCUT2D eigenvalue weighted by Crippen LogP contribution is -2.49. The van der Waals surface area contributed by atoms with Gasteiger partial charge in [0.2, 0.25) is 0 Å². The second kappa shape index (κ2) is 5.48. The molecule has 0 aromatic rings. The molecule has 0 spiro atoms. The van der Waals surface area contributed by atoms with Crippen molar-refractivity contribution >= 4 is 0 Å². The smallest absolute Gasteiger partial charge is 0.107 e. The van der Waals surface area contributed by atoms with Gasteiger partial charge in [-0.1, -0.05) is 19.8 Å². The number of nitrogens with one attached hydrogen (secondary N) is 1. The summed E-state index contributed by atoms with van der Waals surface area (Å²) in [5.41, 5.74) is -0.242. The van der Waals surface area contributed by atoms with E-state index in [1.807, 2.05) is 0 Å². The van der Waals surface area contributed by atoms with Crippen LogP contribution in [0.2, 0.25) is 0 Å². The zero-order valence-electron chi connectivity index (χ0n) is 10.2. The molecule has 1 N–H and O–H groups in total. The largest absolute Gasteiger partial charge is 0.308 e. The molecule has 0 bridgehead atoms. The van der Waals surface area contributed by atoms with E-state index in [1.54, 1.807) is 0 Å². The van der Waals surface area contributed by atoms with Gasteiger partial charge in [0.05, 0.1) is 6.07 Å². The van der Waals surface area contributed by atoms with Crippen LogP contribution in [-0.2, 0) is 0 Å². The van der Waals surface area contributed by atoms with Crippen molar-refractivity contribution in [2.24, 2.45) is 5.92 Å². The number of rotatable bonds is 4. The van der Waals surface area contributed by atoms with Crippen LogP contribution < -0.4 is 5.32 Å². The average Bonchev–Trinajstić information content (AvgIpc) is 2.17. The van der Waals surface area contributed by atoms with Crippen molar-refractivity contribution in [2.75, 3.05) is 27.2 Å². The lowest BCUT2D eigenvalue weighted by molar-refractivity contribution is 0.234. The van der Waals surface area contributed by atoms with E-state index in [4.69, 9.17) is 0 Å². The molecule has 1 fully saturated rings. The maximum absolute atomic E-state index is 9.30. The normalized spacial score (nSPS) is 31.5. The van der Waals surface area contributed by atoms with E-state index in [9.17, 15) is 5.26 Å². The van der Waals surface area contributed by atoms with Crippen molar-refractivity contribution in [3.05, 3.63) is 0 Å². The van der Waals surface area contributed by atoms with Crippen molar-refractivity contribution in [2.45, 2.75) is 38.1 Å². The summed E-state index contributed by atoms with van der Waals surface area (Å²) in [5, 5.41) is 12.7. The molecule has 0 aromatic heterocycles. The first kappa shape index (κ1) is 12.5. The number of hydrogen-bond acceptors (Lipinski definition) is 3. The lowest BCUT2D eigenvalue weighted by Gasteiger charge is -2.35. The summed E-state index contributed by atoms with van der Waals surface area (Å²) in [5.74, 6) is 0.685. The van der Waals surface area contributed by atoms with Gasteiger partial charge in [0.15, 0.2) is 0 Å². The molecule has 0 radical (unpaired) electrons. The van der Waals surface area contributed by atoms with Crippen LogP contribution in [0.25, 0.3) is 0 Å². The Labute approximate surface area is 93.5 Å². The summed E-state index contributed by atoms with van der Waals surface area (Å²) in [6, 6.07) is 2.49. The molecule has 0 aromatic carbocycles. The Morgan fingerprint density at radius 3 is 2.80 bits per heavy atom. The van der Waals surface area contributed by atoms with Gasteiger partial charge in [-0.25, -0.2) is 0 Å². The highest BCUT2D eigenvalue weighted by Gasteiger charge is 2.34. The first-order valence-corrected chi connectivity index (χ1v) is 5.89. The molecule has 2 atom stereocenters. The molecule has 0 amide bonds. The molecule has 3 heteroatoms. The monoisotopic (exact) mass is 209 g/mol. The summed E-state index contributed by atoms with van der Waals surface area (Å²) in [6.07, 6.45) is 4.49. The van der Waals surface area contributed by atoms with Gasteiger partial charge in [-0.2, -0.15) is 5.26 Å². The highest BCUT2D eigenvalue weighted by molar-refractivity contribution is 5.09. The molecule has 15 heavy (non-hydrogen) atoms. The summed E-state index contributed by atoms with van der Waals surface area (Å²) < 4.78 is 0. The Morgan fingerprint density at radius 1 is 1.53 bits per heavy atom. The van der Waals surface area contributed by atoms with Gasteiger partial charge in [0.1, 0.15) is 5.54 Å². The molecular weight excluding hydrogens is 186 g/mol. The second-order valence-corrected chi connectivity index (χ2v) is 5.13. The van der Waals surface area contributed by atoms with Crippen LogP contribution in [0.4, 0.5) is 0 Å². The molecule has 0 heterocycles. The first-order chi connectivity index (χ1) is 7.08. The average molecular weight is 209 g/mol. The van der Waals surface area contributed by atoms with Gasteiger partial charge in [0.25, 0.3) is 0 Å². The highest BCUT2D eigenvalue weighted by atomic mass is 15.1. The van der Waals surface area contributed by atoms with E-state index in [0.717, 1.165) is 25.9 Å². The van der Waals surface area contributed by atoms with Crippen molar-refractivity contribution in [1.82, 2.24) is 10.2 Å². The molecule has 2 unspecified atom stereocenters. The Bertz CT molecular complexity index is 232. The van der Waals surface area contributed by atoms with Crippen LogP contribution >= 0.6 is 0 Å². The zero-order valence-corrected chi connectivity index (χ0v) is 10.2. The first-order valence-electron chi connectivity index (χ1n) is 5.89. The van der Waals surface area contributed by atoms with Gasteiger partial charge in [0, 0.05) is 13.1 Å². The molecule has 1 saturated carbocycles. The summed E-state index contributed by atoms with van der Waals surface area (Å²) in [6.45, 7) is 4.16. The number of nitriles is 1. The Hall–Kier alpha value is -0.590. The van der Waals surface area contributed by atoms with Crippen LogP contribution in [0.1, 0.15) is 32.6 Å². The van der Waals surface area contributed by atoms with Crippen molar-refractivity contribution < 1.29 is 0 Å². The molecule has 0 aliphatic heterocycles. The third kappa shape index (κ3) is 3.81. The maximum Gasteiger partial charge on any atom is 0.107 e. The van der Waals surface area contributed by atoms with Crippen LogP contribution in [0.5, 0.6) is 0 Å². The Morgan fingerprint density at radius 2 is 2.27 bits per heavy atom. The fourth-order valence-corrected chi connectivity index (χ4v) is 2.37. The minimum atomic E-state index is -0.242. The Balaban J connectivity index is 2.42. The predicted molar refractivity (Wildman–Crippen MR) is 62.5 cm³/mol. The van der Waals surface area contributed by atoms with E-state index in [-0.39, 0.29) is 5.54 Å². The lowest BCUT2D eigenvalue weighted by atomic mass is 9.77. The molecular formula is C12H23N3. The summed E-state index contributed by atoms with van der Waals surface area (Å²) in [7, 11) is 4.12. The second-order valence-electron chi connectivity index (χ2n) is 5.13. The van der Waals surface area contributed by atoms with Crippen molar-refractivity contribution in [1.29, 1.82) is 5.26 Å². The third-order valence-electron chi connectivity index (χ3n) is 3.23. The molecule has 3 nitrogen and oxygen atoms in total. The van der Waals surface area contributed by atoms with Gasteiger partial charge in [-0.05, 0) is 32.9 Å². The third-order valence-corrected chi connectivity index (χ3v) is 3.23. The van der Waals surface area contributed by atoms with Gasteiger partial charge >= 0.3 is 0 Å². The van der Waals surface area contributed by atoms with Crippen molar-refractivity contribution in [3.8, 4) is 6.07 Å². The number of hydrogen-bond donors (Lipinski definition) is 1. The van der Waals surface area contributed by atoms with Gasteiger partial charge in [-0.15, -0.1) is 0 Å². The van der Waals surface area contributed by atoms with E-state index < -0.39 is 0 Å². The number of likely N-dealkylation sites (N-methyl/N-ethyl adjacent to an activating group) is 1. The van der Waals surface area contributed by atoms with Gasteiger partial charge in [-0.3, -0.25) is 5.32 Å². The molecule has 1 aliphatic rings. The quantitative estimate of drug-likeness (QED) is 0.764. The Kier molecular flexibility index (Phi) is 4.56. The zero-order chi connectivity index (χ0) is 11.3. The van der Waals surface area contributed by atoms with Crippen molar-refractivity contribution in [3.63, 3.8) is 0 Å². The van der Waals surface area contributed by atoms with E-state index >= 15 is 0 Å². The van der Waals surface area contributed by atoms with Crippen LogP contribution in [-0.4, -0.2) is 37.6 Å². The SMILES string of the molecule is CC1CCCC(C#N)(NCCN(C)C)C1. The van der Waals surface area contributed by atoms with E-state index in [1.165, 1.54) is 12.8 Å². The fourth-order valence-electron chi connectivity index (χ4n) is 2.37. The topological polar surface area (TPSA) is 39.1 Å². The molecule has 86 valence electrons. The molecule has 1 rings (SSSR count). The minimum absolute atomic E-state index is 0.242. The standard InChI is InChI=1S/C12H23N3/c1-11-5-4-6-12(9-11,10-13)14-7-8-15(2)3/h11,14H,4-9H2,1-3H3. The summed E-state index contributed by atoms with van der Waals surface area (Å²) >= 11 is 0. The van der Waals surface area contributed by atoms with Crippen LogP contribution in [0.3, 0.4) is 0 Å². The van der Waals surface area contributed by atoms with Gasteiger partial charge < -0.3 is 4.90 Å². The predicted octanol–water partition coefficient (Wildman–Crippen LogP) is 1.61. The molecule has 0 saturated heterocycles. The minimum Gasteiger partial charge on any atom is -0.308 e. The van der Waals surface area contributed by atoms with E-state index in [2.05, 4.69) is 37.3 Å². The van der Waals surface area contributed by atoms with Crippen LogP contribution in [0, 0.1) is 17.2 Å². The summed E-state index contributed by atoms with van der Waals surface area (Å²) in [4.78, 5) is 2.14. The highest BCUT2D eigenvalue weighted by Crippen LogP contribution is 2.31. The fraction of sp³-hybridized carbons (Fsp3) is 0.917.